The number of nitrogen functional groups attached to an aromatic ring is 1. The molecule has 0 bridgehead atoms. The van der Waals surface area contributed by atoms with Crippen LogP contribution < -0.4 is 26.5 Å². The second kappa shape index (κ2) is 11.9. The van der Waals surface area contributed by atoms with Crippen molar-refractivity contribution in [2.45, 2.75) is 25.6 Å². The summed E-state index contributed by atoms with van der Waals surface area (Å²) in [6.45, 7) is 1.05. The Labute approximate surface area is 221 Å². The molecule has 0 fully saturated rings. The van der Waals surface area contributed by atoms with Gasteiger partial charge in [0.2, 0.25) is 0 Å². The van der Waals surface area contributed by atoms with E-state index in [1.54, 1.807) is 25.1 Å². The van der Waals surface area contributed by atoms with Crippen LogP contribution in [0.3, 0.4) is 0 Å². The maximum atomic E-state index is 13.0. The standard InChI is InChI=1S/C25H28F3N7O4/c1-13(29)18(10-31-9-15(36)8-25(26,27)28)19-11-32-23(30)22(33-19)20-12-35(2)24(37)21(34-20)14-5-16(38-3)7-17(6-14)39-4/h5-7,10-12,15,36H,8-9,29H2,1-4H3,(H2,30,32)/t15-/m0/s1. The van der Waals surface area contributed by atoms with Crippen LogP contribution >= 0.6 is 0 Å². The number of ether oxygens (including phenoxy) is 2. The summed E-state index contributed by atoms with van der Waals surface area (Å²) in [5.74, 6) is 0.908. The topological polar surface area (TPSA) is 164 Å². The van der Waals surface area contributed by atoms with Crippen molar-refractivity contribution >= 4 is 17.6 Å². The maximum absolute atomic E-state index is 13.0. The zero-order valence-corrected chi connectivity index (χ0v) is 21.7. The number of nitrogens with two attached hydrogens (primary N) is 2. The number of halogens is 3. The fraction of sp³-hybridized carbons (Fsp3) is 0.320. The summed E-state index contributed by atoms with van der Waals surface area (Å²) in [6, 6.07) is 4.91. The highest BCUT2D eigenvalue weighted by molar-refractivity contribution is 6.10. The van der Waals surface area contributed by atoms with Crippen molar-refractivity contribution in [2.24, 2.45) is 17.8 Å². The second-order valence-corrected chi connectivity index (χ2v) is 8.55. The predicted octanol–water partition coefficient (Wildman–Crippen LogP) is 2.58. The van der Waals surface area contributed by atoms with Crippen LogP contribution in [0.4, 0.5) is 19.0 Å². The molecule has 0 amide bonds. The number of aryl methyl sites for hydroxylation is 1. The number of alkyl halides is 3. The predicted molar refractivity (Wildman–Crippen MR) is 140 cm³/mol. The molecule has 2 heterocycles. The normalized spacial score (nSPS) is 13.3. The van der Waals surface area contributed by atoms with E-state index in [4.69, 9.17) is 20.9 Å². The number of hydrogen-bond donors (Lipinski definition) is 3. The highest BCUT2D eigenvalue weighted by atomic mass is 19.4. The average Bonchev–Trinajstić information content (AvgIpc) is 2.87. The van der Waals surface area contributed by atoms with Gasteiger partial charge in [-0.15, -0.1) is 0 Å². The van der Waals surface area contributed by atoms with E-state index in [0.717, 1.165) is 0 Å². The number of hydrogen-bond acceptors (Lipinski definition) is 10. The number of benzene rings is 1. The molecule has 3 rings (SSSR count). The molecule has 5 N–H and O–H groups in total. The first kappa shape index (κ1) is 29.1. The van der Waals surface area contributed by atoms with E-state index in [1.807, 2.05) is 0 Å². The number of nitrogens with zero attached hydrogens (tertiary/aromatic N) is 5. The lowest BCUT2D eigenvalue weighted by Crippen LogP contribution is -2.21. The second-order valence-electron chi connectivity index (χ2n) is 8.55. The van der Waals surface area contributed by atoms with Gasteiger partial charge in [-0.2, -0.15) is 13.2 Å². The molecular weight excluding hydrogens is 519 g/mol. The van der Waals surface area contributed by atoms with E-state index >= 15 is 0 Å². The van der Waals surface area contributed by atoms with Crippen molar-refractivity contribution in [1.82, 2.24) is 19.5 Å². The number of anilines is 1. The molecule has 1 aromatic carbocycles. The number of aliphatic hydroxyl groups excluding tert-OH is 1. The van der Waals surface area contributed by atoms with E-state index in [9.17, 15) is 23.1 Å². The van der Waals surface area contributed by atoms with Gasteiger partial charge in [0.05, 0.1) is 45.2 Å². The van der Waals surface area contributed by atoms with E-state index in [2.05, 4.69) is 19.9 Å². The van der Waals surface area contributed by atoms with Crippen LogP contribution in [0.2, 0.25) is 0 Å². The first-order valence-corrected chi connectivity index (χ1v) is 11.5. The number of rotatable bonds is 9. The summed E-state index contributed by atoms with van der Waals surface area (Å²) in [4.78, 5) is 30.0. The molecule has 3 aromatic rings. The van der Waals surface area contributed by atoms with Crippen LogP contribution in [0.5, 0.6) is 11.5 Å². The molecule has 14 heteroatoms. The van der Waals surface area contributed by atoms with Crippen molar-refractivity contribution in [3.05, 3.63) is 52.3 Å². The molecule has 0 aliphatic heterocycles. The van der Waals surface area contributed by atoms with Crippen molar-refractivity contribution in [3.63, 3.8) is 0 Å². The van der Waals surface area contributed by atoms with Crippen LogP contribution in [-0.4, -0.2) is 63.9 Å². The number of aromatic nitrogens is 4. The summed E-state index contributed by atoms with van der Waals surface area (Å²) in [6.07, 6.45) is -3.66. The van der Waals surface area contributed by atoms with E-state index in [1.165, 1.54) is 44.4 Å². The molecule has 0 radical (unpaired) electrons. The molecule has 0 unspecified atom stereocenters. The summed E-state index contributed by atoms with van der Waals surface area (Å²) in [5.41, 5.74) is 13.2. The number of aliphatic hydroxyl groups is 1. The molecule has 2 aromatic heterocycles. The largest absolute Gasteiger partial charge is 0.497 e. The lowest BCUT2D eigenvalue weighted by Gasteiger charge is -2.13. The van der Waals surface area contributed by atoms with Crippen LogP contribution in [0.1, 0.15) is 19.0 Å². The molecule has 0 aliphatic rings. The molecule has 11 nitrogen and oxygen atoms in total. The van der Waals surface area contributed by atoms with Crippen molar-refractivity contribution in [1.29, 1.82) is 0 Å². The van der Waals surface area contributed by atoms with Gasteiger partial charge >= 0.3 is 6.18 Å². The Morgan fingerprint density at radius 1 is 1.18 bits per heavy atom. The molecule has 208 valence electrons. The van der Waals surface area contributed by atoms with Gasteiger partial charge in [-0.25, -0.2) is 15.0 Å². The minimum Gasteiger partial charge on any atom is -0.497 e. The number of aliphatic imine (C=N–C) groups is 1. The smallest absolute Gasteiger partial charge is 0.391 e. The van der Waals surface area contributed by atoms with Crippen LogP contribution in [-0.2, 0) is 7.05 Å². The lowest BCUT2D eigenvalue weighted by molar-refractivity contribution is -0.152. The van der Waals surface area contributed by atoms with E-state index in [-0.39, 0.29) is 39.9 Å². The third-order valence-corrected chi connectivity index (χ3v) is 5.44. The highest BCUT2D eigenvalue weighted by Crippen LogP contribution is 2.29. The summed E-state index contributed by atoms with van der Waals surface area (Å²) >= 11 is 0. The molecule has 1 atom stereocenters. The van der Waals surface area contributed by atoms with Gasteiger partial charge in [-0.3, -0.25) is 9.79 Å². The molecule has 0 saturated carbocycles. The average molecular weight is 548 g/mol. The quantitative estimate of drug-likeness (QED) is 0.342. The first-order valence-electron chi connectivity index (χ1n) is 11.5. The highest BCUT2D eigenvalue weighted by Gasteiger charge is 2.30. The maximum Gasteiger partial charge on any atom is 0.391 e. The Morgan fingerprint density at radius 3 is 2.38 bits per heavy atom. The van der Waals surface area contributed by atoms with Crippen LogP contribution in [0, 0.1) is 0 Å². The Bertz CT molecular complexity index is 1440. The third kappa shape index (κ3) is 7.31. The van der Waals surface area contributed by atoms with Gasteiger partial charge in [0, 0.05) is 42.4 Å². The minimum absolute atomic E-state index is 0.00522. The third-order valence-electron chi connectivity index (χ3n) is 5.44. The molecule has 0 aliphatic carbocycles. The monoisotopic (exact) mass is 547 g/mol. The van der Waals surface area contributed by atoms with Gasteiger partial charge in [-0.1, -0.05) is 0 Å². The Balaban J connectivity index is 2.05. The number of allylic oxidation sites excluding steroid dienone is 2. The fourth-order valence-corrected chi connectivity index (χ4v) is 3.54. The summed E-state index contributed by atoms with van der Waals surface area (Å²) in [7, 11) is 4.50. The fourth-order valence-electron chi connectivity index (χ4n) is 3.54. The Kier molecular flexibility index (Phi) is 8.91. The molecule has 0 spiro atoms. The SMILES string of the molecule is COc1cc(OC)cc(-c2nc(-c3nc(C(C=NC[C@@H](O)CC(F)(F)F)=C(C)N)cnc3N)cn(C)c2=O)c1. The van der Waals surface area contributed by atoms with E-state index < -0.39 is 30.8 Å². The lowest BCUT2D eigenvalue weighted by atomic mass is 10.1. The Hall–Kier alpha value is -4.46. The summed E-state index contributed by atoms with van der Waals surface area (Å²) < 4.78 is 49.4. The van der Waals surface area contributed by atoms with E-state index in [0.29, 0.717) is 17.1 Å². The van der Waals surface area contributed by atoms with Crippen molar-refractivity contribution < 1.29 is 27.8 Å². The van der Waals surface area contributed by atoms with Crippen molar-refractivity contribution in [2.75, 3.05) is 26.5 Å². The zero-order valence-electron chi connectivity index (χ0n) is 21.7. The van der Waals surface area contributed by atoms with Gasteiger partial charge in [-0.05, 0) is 19.1 Å². The van der Waals surface area contributed by atoms with Gasteiger partial charge < -0.3 is 30.6 Å². The van der Waals surface area contributed by atoms with Gasteiger partial charge in [0.15, 0.2) is 5.82 Å². The van der Waals surface area contributed by atoms with Crippen LogP contribution in [0.25, 0.3) is 28.2 Å². The molecule has 39 heavy (non-hydrogen) atoms. The zero-order chi connectivity index (χ0) is 28.9. The first-order chi connectivity index (χ1) is 18.3. The Morgan fingerprint density at radius 2 is 1.82 bits per heavy atom. The molecular formula is C25H28F3N7O4. The minimum atomic E-state index is -4.52. The van der Waals surface area contributed by atoms with Gasteiger partial charge in [0.25, 0.3) is 5.56 Å². The summed E-state index contributed by atoms with van der Waals surface area (Å²) in [5, 5.41) is 9.59. The van der Waals surface area contributed by atoms with Gasteiger partial charge in [0.1, 0.15) is 28.6 Å². The van der Waals surface area contributed by atoms with Crippen molar-refractivity contribution in [3.8, 4) is 34.1 Å². The van der Waals surface area contributed by atoms with Crippen LogP contribution in [0.15, 0.2) is 46.1 Å². The molecule has 0 saturated heterocycles. The number of methoxy groups -OCH3 is 2.